The van der Waals surface area contributed by atoms with E-state index in [1.54, 1.807) is 4.68 Å². The van der Waals surface area contributed by atoms with Gasteiger partial charge in [0, 0.05) is 24.8 Å². The maximum absolute atomic E-state index is 13.3. The molecule has 0 radical (unpaired) electrons. The summed E-state index contributed by atoms with van der Waals surface area (Å²) in [5, 5.41) is 4.74. The van der Waals surface area contributed by atoms with Crippen molar-refractivity contribution in [1.29, 1.82) is 0 Å². The Morgan fingerprint density at radius 1 is 1.11 bits per heavy atom. The zero-order valence-corrected chi connectivity index (χ0v) is 15.5. The van der Waals surface area contributed by atoms with Gasteiger partial charge in [-0.15, -0.1) is 0 Å². The Morgan fingerprint density at radius 3 is 2.41 bits per heavy atom. The zero-order valence-electron chi connectivity index (χ0n) is 15.5. The minimum atomic E-state index is -0.00199. The van der Waals surface area contributed by atoms with E-state index in [4.69, 9.17) is 10.8 Å². The highest BCUT2D eigenvalue weighted by atomic mass is 16.2. The second kappa shape index (κ2) is 7.00. The van der Waals surface area contributed by atoms with Gasteiger partial charge in [-0.2, -0.15) is 5.10 Å². The molecule has 2 N–H and O–H groups in total. The molecule has 138 valence electrons. The second-order valence-corrected chi connectivity index (χ2v) is 7.53. The van der Waals surface area contributed by atoms with E-state index in [0.717, 1.165) is 24.2 Å². The molecule has 0 aliphatic carbocycles. The van der Waals surface area contributed by atoms with Crippen molar-refractivity contribution in [2.75, 3.05) is 19.6 Å². The average molecular weight is 360 g/mol. The first-order chi connectivity index (χ1) is 13.1. The third-order valence-electron chi connectivity index (χ3n) is 5.35. The predicted molar refractivity (Wildman–Crippen MR) is 107 cm³/mol. The molecule has 0 saturated carbocycles. The van der Waals surface area contributed by atoms with Crippen molar-refractivity contribution in [3.8, 4) is 16.9 Å². The highest BCUT2D eigenvalue weighted by Crippen LogP contribution is 2.31. The van der Waals surface area contributed by atoms with Crippen molar-refractivity contribution in [2.24, 2.45) is 11.1 Å². The Morgan fingerprint density at radius 2 is 1.78 bits per heavy atom. The molecular formula is C22H24N4O. The van der Waals surface area contributed by atoms with E-state index in [9.17, 15) is 4.79 Å². The summed E-state index contributed by atoms with van der Waals surface area (Å²) >= 11 is 0. The highest BCUT2D eigenvalue weighted by molar-refractivity contribution is 6.00. The number of hydrogen-bond acceptors (Lipinski definition) is 3. The Kier molecular flexibility index (Phi) is 4.54. The molecular weight excluding hydrogens is 336 g/mol. The molecule has 1 unspecified atom stereocenters. The first-order valence-corrected chi connectivity index (χ1v) is 9.29. The van der Waals surface area contributed by atoms with Crippen LogP contribution in [0.25, 0.3) is 16.9 Å². The normalized spacial score (nSPS) is 19.4. The Hall–Kier alpha value is -2.92. The quantitative estimate of drug-likeness (QED) is 0.776. The molecule has 27 heavy (non-hydrogen) atoms. The number of amides is 1. The summed E-state index contributed by atoms with van der Waals surface area (Å²) in [6.07, 6.45) is 2.78. The van der Waals surface area contributed by atoms with Crippen LogP contribution in [-0.2, 0) is 0 Å². The Bertz CT molecular complexity index is 935. The Labute approximate surface area is 159 Å². The number of aromatic nitrogens is 2. The Balaban J connectivity index is 1.75. The van der Waals surface area contributed by atoms with Gasteiger partial charge in [0.25, 0.3) is 5.91 Å². The molecule has 1 fully saturated rings. The van der Waals surface area contributed by atoms with Crippen LogP contribution in [0.1, 0.15) is 23.7 Å². The van der Waals surface area contributed by atoms with Crippen LogP contribution < -0.4 is 5.73 Å². The van der Waals surface area contributed by atoms with E-state index in [0.29, 0.717) is 24.3 Å². The van der Waals surface area contributed by atoms with Crippen LogP contribution in [0.5, 0.6) is 0 Å². The largest absolute Gasteiger partial charge is 0.338 e. The van der Waals surface area contributed by atoms with Crippen LogP contribution in [0, 0.1) is 5.41 Å². The standard InChI is InChI=1S/C22H24N4O/c1-22(15-23)12-13-25(16-22)21(27)19-14-26(18-10-6-3-7-11-18)24-20(19)17-8-4-2-5-9-17/h2-11,14H,12-13,15-16,23H2,1H3. The molecule has 4 rings (SSSR count). The first kappa shape index (κ1) is 17.5. The summed E-state index contributed by atoms with van der Waals surface area (Å²) in [7, 11) is 0. The number of likely N-dealkylation sites (tertiary alicyclic amines) is 1. The summed E-state index contributed by atoms with van der Waals surface area (Å²) in [4.78, 5) is 15.2. The summed E-state index contributed by atoms with van der Waals surface area (Å²) in [6, 6.07) is 19.7. The summed E-state index contributed by atoms with van der Waals surface area (Å²) in [6.45, 7) is 4.15. The van der Waals surface area contributed by atoms with Gasteiger partial charge in [0.2, 0.25) is 0 Å². The first-order valence-electron chi connectivity index (χ1n) is 9.29. The van der Waals surface area contributed by atoms with Crippen LogP contribution in [0.15, 0.2) is 66.9 Å². The molecule has 3 aromatic rings. The van der Waals surface area contributed by atoms with Gasteiger partial charge in [-0.25, -0.2) is 4.68 Å². The lowest BCUT2D eigenvalue weighted by Gasteiger charge is -2.22. The molecule has 1 saturated heterocycles. The number of nitrogens with two attached hydrogens (primary N) is 1. The number of benzene rings is 2. The number of carbonyl (C=O) groups excluding carboxylic acids is 1. The monoisotopic (exact) mass is 360 g/mol. The van der Waals surface area contributed by atoms with E-state index in [1.807, 2.05) is 71.8 Å². The second-order valence-electron chi connectivity index (χ2n) is 7.53. The third-order valence-corrected chi connectivity index (χ3v) is 5.35. The summed E-state index contributed by atoms with van der Waals surface area (Å²) < 4.78 is 1.79. The van der Waals surface area contributed by atoms with E-state index in [2.05, 4.69) is 6.92 Å². The number of hydrogen-bond donors (Lipinski definition) is 1. The third kappa shape index (κ3) is 3.38. The van der Waals surface area contributed by atoms with Crippen molar-refractivity contribution >= 4 is 5.91 Å². The van der Waals surface area contributed by atoms with Crippen LogP contribution >= 0.6 is 0 Å². The molecule has 2 heterocycles. The van der Waals surface area contributed by atoms with Gasteiger partial charge in [0.05, 0.1) is 11.3 Å². The summed E-state index contributed by atoms with van der Waals surface area (Å²) in [5.74, 6) is 0.0215. The van der Waals surface area contributed by atoms with Gasteiger partial charge in [0.15, 0.2) is 0 Å². The zero-order chi connectivity index (χ0) is 18.9. The maximum atomic E-state index is 13.3. The fourth-order valence-corrected chi connectivity index (χ4v) is 3.59. The van der Waals surface area contributed by atoms with E-state index in [1.165, 1.54) is 0 Å². The van der Waals surface area contributed by atoms with Gasteiger partial charge in [-0.05, 0) is 30.5 Å². The molecule has 0 spiro atoms. The topological polar surface area (TPSA) is 64.2 Å². The molecule has 5 heteroatoms. The predicted octanol–water partition coefficient (Wildman–Crippen LogP) is 3.35. The van der Waals surface area contributed by atoms with Crippen molar-refractivity contribution in [3.63, 3.8) is 0 Å². The van der Waals surface area contributed by atoms with E-state index < -0.39 is 0 Å². The molecule has 1 atom stereocenters. The fraction of sp³-hybridized carbons (Fsp3) is 0.273. The highest BCUT2D eigenvalue weighted by Gasteiger charge is 2.36. The van der Waals surface area contributed by atoms with Crippen LogP contribution in [0.4, 0.5) is 0 Å². The van der Waals surface area contributed by atoms with Crippen molar-refractivity contribution in [1.82, 2.24) is 14.7 Å². The van der Waals surface area contributed by atoms with Crippen LogP contribution in [0.3, 0.4) is 0 Å². The molecule has 0 bridgehead atoms. The van der Waals surface area contributed by atoms with Crippen molar-refractivity contribution in [3.05, 3.63) is 72.4 Å². The molecule has 1 aliphatic heterocycles. The molecule has 1 aliphatic rings. The maximum Gasteiger partial charge on any atom is 0.257 e. The van der Waals surface area contributed by atoms with Gasteiger partial charge in [-0.1, -0.05) is 55.5 Å². The van der Waals surface area contributed by atoms with Crippen molar-refractivity contribution < 1.29 is 4.79 Å². The molecule has 1 amide bonds. The molecule has 2 aromatic carbocycles. The molecule has 1 aromatic heterocycles. The molecule has 5 nitrogen and oxygen atoms in total. The van der Waals surface area contributed by atoms with Gasteiger partial charge < -0.3 is 10.6 Å². The average Bonchev–Trinajstić information content (AvgIpc) is 3.34. The minimum Gasteiger partial charge on any atom is -0.338 e. The fourth-order valence-electron chi connectivity index (χ4n) is 3.59. The van der Waals surface area contributed by atoms with E-state index in [-0.39, 0.29) is 11.3 Å². The van der Waals surface area contributed by atoms with Crippen LogP contribution in [0.2, 0.25) is 0 Å². The lowest BCUT2D eigenvalue weighted by molar-refractivity contribution is 0.0777. The lowest BCUT2D eigenvalue weighted by Crippen LogP contribution is -2.34. The van der Waals surface area contributed by atoms with Crippen LogP contribution in [-0.4, -0.2) is 40.2 Å². The minimum absolute atomic E-state index is 0.00199. The summed E-state index contributed by atoms with van der Waals surface area (Å²) in [5.41, 5.74) is 9.13. The van der Waals surface area contributed by atoms with Gasteiger partial charge in [-0.3, -0.25) is 4.79 Å². The van der Waals surface area contributed by atoms with Gasteiger partial charge in [0.1, 0.15) is 5.69 Å². The SMILES string of the molecule is CC1(CN)CCN(C(=O)c2cn(-c3ccccc3)nc2-c2ccccc2)C1. The van der Waals surface area contributed by atoms with Crippen molar-refractivity contribution in [2.45, 2.75) is 13.3 Å². The smallest absolute Gasteiger partial charge is 0.257 e. The number of carbonyl (C=O) groups is 1. The number of para-hydroxylation sites is 1. The number of nitrogens with zero attached hydrogens (tertiary/aromatic N) is 3. The van der Waals surface area contributed by atoms with E-state index >= 15 is 0 Å². The lowest BCUT2D eigenvalue weighted by atomic mass is 9.90. The number of rotatable bonds is 4. The van der Waals surface area contributed by atoms with Gasteiger partial charge >= 0.3 is 0 Å².